The van der Waals surface area contributed by atoms with Gasteiger partial charge in [0.05, 0.1) is 21.5 Å². The zero-order valence-electron chi connectivity index (χ0n) is 18.8. The van der Waals surface area contributed by atoms with Crippen LogP contribution in [0.1, 0.15) is 16.7 Å². The summed E-state index contributed by atoms with van der Waals surface area (Å²) >= 11 is 13.1. The molecular weight excluding hydrogens is 508 g/mol. The van der Waals surface area contributed by atoms with Gasteiger partial charge in [-0.05, 0) is 60.9 Å². The minimum Gasteiger partial charge on any atom is -0.325 e. The number of benzene rings is 3. The van der Waals surface area contributed by atoms with Crippen LogP contribution in [-0.4, -0.2) is 22.7 Å². The first-order valence-corrected chi connectivity index (χ1v) is 12.3. The lowest BCUT2D eigenvalue weighted by Gasteiger charge is -2.18. The number of anilines is 2. The molecule has 1 heterocycles. The number of thioether (sulfide) groups is 1. The van der Waals surface area contributed by atoms with Crippen LogP contribution >= 0.6 is 35.0 Å². The molecule has 178 valence electrons. The summed E-state index contributed by atoms with van der Waals surface area (Å²) in [6, 6.07) is 16.6. The number of aliphatic imine (C=N–C) groups is 1. The minimum atomic E-state index is -0.579. The summed E-state index contributed by atoms with van der Waals surface area (Å²) < 4.78 is 14.6. The van der Waals surface area contributed by atoms with Gasteiger partial charge in [-0.15, -0.1) is 0 Å². The molecule has 0 unspecified atom stereocenters. The number of rotatable bonds is 5. The lowest BCUT2D eigenvalue weighted by Crippen LogP contribution is -2.32. The molecule has 3 aromatic rings. The van der Waals surface area contributed by atoms with Crippen molar-refractivity contribution in [1.82, 2.24) is 0 Å². The highest BCUT2D eigenvalue weighted by atomic mass is 35.5. The van der Waals surface area contributed by atoms with Gasteiger partial charge in [0.25, 0.3) is 5.91 Å². The van der Waals surface area contributed by atoms with E-state index in [1.54, 1.807) is 30.3 Å². The van der Waals surface area contributed by atoms with E-state index in [-0.39, 0.29) is 28.2 Å². The first-order chi connectivity index (χ1) is 16.7. The van der Waals surface area contributed by atoms with Gasteiger partial charge in [-0.3, -0.25) is 14.5 Å². The smallest absolute Gasteiger partial charge is 0.283 e. The average molecular weight is 528 g/mol. The fourth-order valence-corrected chi connectivity index (χ4v) is 4.63. The Kier molecular flexibility index (Phi) is 7.60. The third-order valence-electron chi connectivity index (χ3n) is 5.25. The van der Waals surface area contributed by atoms with Gasteiger partial charge >= 0.3 is 0 Å². The molecule has 0 aromatic heterocycles. The van der Waals surface area contributed by atoms with Crippen molar-refractivity contribution in [2.45, 2.75) is 13.8 Å². The summed E-state index contributed by atoms with van der Waals surface area (Å²) in [5.74, 6) is -1.38. The summed E-state index contributed by atoms with van der Waals surface area (Å²) in [4.78, 5) is 31.6. The third kappa shape index (κ3) is 5.59. The predicted molar refractivity (Wildman–Crippen MR) is 143 cm³/mol. The van der Waals surface area contributed by atoms with Crippen LogP contribution in [0.4, 0.5) is 15.8 Å². The molecule has 0 atom stereocenters. The number of amides is 2. The normalized spacial score (nSPS) is 14.4. The number of nitrogens with zero attached hydrogens (tertiary/aromatic N) is 2. The molecule has 9 heteroatoms. The largest absolute Gasteiger partial charge is 0.325 e. The highest BCUT2D eigenvalue weighted by molar-refractivity contribution is 8.14. The quantitative estimate of drug-likeness (QED) is 0.368. The van der Waals surface area contributed by atoms with Crippen LogP contribution in [0.3, 0.4) is 0 Å². The molecule has 0 fully saturated rings. The molecule has 4 rings (SSSR count). The van der Waals surface area contributed by atoms with Crippen LogP contribution in [0.2, 0.25) is 10.0 Å². The predicted octanol–water partition coefficient (Wildman–Crippen LogP) is 6.86. The van der Waals surface area contributed by atoms with E-state index in [1.807, 2.05) is 32.0 Å². The van der Waals surface area contributed by atoms with E-state index in [0.717, 1.165) is 28.6 Å². The first kappa shape index (κ1) is 25.0. The molecule has 2 amide bonds. The van der Waals surface area contributed by atoms with E-state index in [0.29, 0.717) is 15.6 Å². The molecule has 5 nitrogen and oxygen atoms in total. The number of carbonyl (C=O) groups excluding carboxylic acids is 2. The second-order valence-corrected chi connectivity index (χ2v) is 9.55. The fraction of sp³-hybridized carbons (Fsp3) is 0.115. The summed E-state index contributed by atoms with van der Waals surface area (Å²) in [7, 11) is 0. The topological polar surface area (TPSA) is 61.8 Å². The number of aryl methyl sites for hydroxylation is 2. The molecule has 1 aliphatic rings. The fourth-order valence-electron chi connectivity index (χ4n) is 3.52. The van der Waals surface area contributed by atoms with Crippen LogP contribution in [-0.2, 0) is 9.59 Å². The average Bonchev–Trinajstić information content (AvgIpc) is 3.12. The Balaban J connectivity index is 1.61. The second-order valence-electron chi connectivity index (χ2n) is 7.79. The Hall–Kier alpha value is -3.13. The molecule has 1 N–H and O–H groups in total. The monoisotopic (exact) mass is 527 g/mol. The van der Waals surface area contributed by atoms with Gasteiger partial charge in [-0.25, -0.2) is 9.38 Å². The van der Waals surface area contributed by atoms with Crippen molar-refractivity contribution in [3.05, 3.63) is 98.9 Å². The number of hydrogen-bond donors (Lipinski definition) is 1. The van der Waals surface area contributed by atoms with Crippen molar-refractivity contribution >= 4 is 69.4 Å². The van der Waals surface area contributed by atoms with Crippen LogP contribution in [0.25, 0.3) is 6.08 Å². The molecule has 0 saturated heterocycles. The van der Waals surface area contributed by atoms with Gasteiger partial charge < -0.3 is 5.32 Å². The lowest BCUT2D eigenvalue weighted by molar-refractivity contribution is -0.114. The third-order valence-corrected chi connectivity index (χ3v) is 6.93. The zero-order chi connectivity index (χ0) is 25.1. The van der Waals surface area contributed by atoms with E-state index in [2.05, 4.69) is 10.3 Å². The Morgan fingerprint density at radius 1 is 1.06 bits per heavy atom. The molecule has 0 radical (unpaired) electrons. The number of para-hydroxylation sites is 2. The van der Waals surface area contributed by atoms with Crippen molar-refractivity contribution in [2.75, 3.05) is 16.0 Å². The van der Waals surface area contributed by atoms with E-state index in [1.165, 1.54) is 23.1 Å². The van der Waals surface area contributed by atoms with Gasteiger partial charge in [0, 0.05) is 5.69 Å². The Labute approximate surface area is 216 Å². The van der Waals surface area contributed by atoms with Gasteiger partial charge in [-0.1, -0.05) is 71.4 Å². The van der Waals surface area contributed by atoms with Crippen molar-refractivity contribution in [2.24, 2.45) is 4.99 Å². The molecule has 0 spiro atoms. The minimum absolute atomic E-state index is 0.0229. The maximum atomic E-state index is 14.6. The van der Waals surface area contributed by atoms with Gasteiger partial charge in [0.15, 0.2) is 5.17 Å². The maximum absolute atomic E-state index is 14.6. The van der Waals surface area contributed by atoms with Crippen LogP contribution in [0.15, 0.2) is 71.4 Å². The summed E-state index contributed by atoms with van der Waals surface area (Å²) in [6.45, 7) is 3.82. The van der Waals surface area contributed by atoms with Gasteiger partial charge in [0.2, 0.25) is 5.91 Å². The molecule has 0 aliphatic carbocycles. The number of amidine groups is 1. The Morgan fingerprint density at radius 3 is 2.46 bits per heavy atom. The molecule has 1 aliphatic heterocycles. The van der Waals surface area contributed by atoms with Gasteiger partial charge in [0.1, 0.15) is 11.5 Å². The van der Waals surface area contributed by atoms with Crippen LogP contribution in [0.5, 0.6) is 0 Å². The van der Waals surface area contributed by atoms with Crippen molar-refractivity contribution in [3.63, 3.8) is 0 Å². The maximum Gasteiger partial charge on any atom is 0.283 e. The number of nitrogens with one attached hydrogen (secondary N) is 1. The standard InChI is InChI=1S/C26H20Cl2FN3O2S/c1-15-6-5-7-16(2)24(15)31-23(33)14-35-26-30-21(13-17-10-11-18(27)19(28)12-17)25(34)32(26)22-9-4-3-8-20(22)29/h3-13H,14H2,1-2H3,(H,31,33)/b21-13-. The highest BCUT2D eigenvalue weighted by Crippen LogP contribution is 2.32. The number of hydrogen-bond acceptors (Lipinski definition) is 4. The van der Waals surface area contributed by atoms with E-state index in [4.69, 9.17) is 23.2 Å². The van der Waals surface area contributed by atoms with Crippen molar-refractivity contribution < 1.29 is 14.0 Å². The molecule has 0 bridgehead atoms. The SMILES string of the molecule is Cc1cccc(C)c1NC(=O)CSC1=N/C(=C\c2ccc(Cl)c(Cl)c2)C(=O)N1c1ccccc1F. The van der Waals surface area contributed by atoms with Gasteiger partial charge in [-0.2, -0.15) is 0 Å². The summed E-state index contributed by atoms with van der Waals surface area (Å²) in [5.41, 5.74) is 3.38. The van der Waals surface area contributed by atoms with Crippen LogP contribution < -0.4 is 10.2 Å². The molecular formula is C26H20Cl2FN3O2S. The summed E-state index contributed by atoms with van der Waals surface area (Å²) in [6.07, 6.45) is 1.54. The first-order valence-electron chi connectivity index (χ1n) is 10.6. The highest BCUT2D eigenvalue weighted by Gasteiger charge is 2.34. The van der Waals surface area contributed by atoms with Crippen molar-refractivity contribution in [3.8, 4) is 0 Å². The summed E-state index contributed by atoms with van der Waals surface area (Å²) in [5, 5.41) is 3.82. The zero-order valence-corrected chi connectivity index (χ0v) is 21.1. The molecule has 0 saturated carbocycles. The van der Waals surface area contributed by atoms with E-state index in [9.17, 15) is 14.0 Å². The molecule has 3 aromatic carbocycles. The number of carbonyl (C=O) groups is 2. The Morgan fingerprint density at radius 2 is 1.77 bits per heavy atom. The molecule has 35 heavy (non-hydrogen) atoms. The van der Waals surface area contributed by atoms with Crippen LogP contribution in [0, 0.1) is 19.7 Å². The Bertz CT molecular complexity index is 1370. The van der Waals surface area contributed by atoms with Crippen molar-refractivity contribution in [1.29, 1.82) is 0 Å². The second kappa shape index (κ2) is 10.6. The van der Waals surface area contributed by atoms with E-state index >= 15 is 0 Å². The lowest BCUT2D eigenvalue weighted by atomic mass is 10.1. The number of halogens is 3. The van der Waals surface area contributed by atoms with E-state index < -0.39 is 11.7 Å².